The summed E-state index contributed by atoms with van der Waals surface area (Å²) >= 11 is 0. The predicted octanol–water partition coefficient (Wildman–Crippen LogP) is 0.818. The molecule has 0 aliphatic heterocycles. The van der Waals surface area contributed by atoms with Crippen LogP contribution in [0.1, 0.15) is 29.5 Å². The summed E-state index contributed by atoms with van der Waals surface area (Å²) in [6.45, 7) is 0.595. The smallest absolute Gasteiger partial charge is 0.114 e. The van der Waals surface area contributed by atoms with E-state index < -0.39 is 0 Å². The summed E-state index contributed by atoms with van der Waals surface area (Å²) in [4.78, 5) is 0. The number of hydrogen-bond donors (Lipinski definition) is 1. The quantitative estimate of drug-likeness (QED) is 0.622. The molecule has 1 aromatic rings. The first-order valence-corrected chi connectivity index (χ1v) is 4.91. The lowest BCUT2D eigenvalue weighted by Crippen LogP contribution is -2.18. The van der Waals surface area contributed by atoms with Gasteiger partial charge in [-0.3, -0.25) is 0 Å². The first-order valence-electron chi connectivity index (χ1n) is 4.91. The van der Waals surface area contributed by atoms with Gasteiger partial charge >= 0.3 is 0 Å². The summed E-state index contributed by atoms with van der Waals surface area (Å²) in [6, 6.07) is 4.23. The molecule has 0 fully saturated rings. The van der Waals surface area contributed by atoms with E-state index >= 15 is 0 Å². The molecule has 0 amide bonds. The van der Waals surface area contributed by atoms with Gasteiger partial charge in [0.15, 0.2) is 0 Å². The fourth-order valence-corrected chi connectivity index (χ4v) is 2.09. The normalized spacial score (nSPS) is 15.5. The number of fused-ring (bicyclic) bond motifs is 1. The molecule has 66 valence electrons. The van der Waals surface area contributed by atoms with Crippen LogP contribution in [0.2, 0.25) is 0 Å². The molecular weight excluding hydrogens is 157 g/mol. The van der Waals surface area contributed by atoms with Gasteiger partial charge < -0.3 is 5.73 Å². The lowest BCUT2D eigenvalue weighted by Gasteiger charge is -2.19. The third-order valence-corrected chi connectivity index (χ3v) is 2.80. The average molecular weight is 171 g/mol. The average Bonchev–Trinajstić information content (AvgIpc) is 2.18. The van der Waals surface area contributed by atoms with Crippen molar-refractivity contribution < 1.29 is 0 Å². The molecule has 1 aliphatic carbocycles. The van der Waals surface area contributed by atoms with Crippen LogP contribution in [0.25, 0.3) is 0 Å². The van der Waals surface area contributed by atoms with Crippen LogP contribution >= 0.6 is 0 Å². The molecule has 1 aliphatic rings. The maximum atomic E-state index is 5.96. The lowest BCUT2D eigenvalue weighted by atomic mass is 9.80. The Kier molecular flexibility index (Phi) is 2.41. The van der Waals surface area contributed by atoms with Crippen molar-refractivity contribution in [1.82, 2.24) is 0 Å². The number of rotatable bonds is 1. The highest BCUT2D eigenvalue weighted by molar-refractivity contribution is 6.33. The van der Waals surface area contributed by atoms with Crippen molar-refractivity contribution in [3.05, 3.63) is 28.8 Å². The first kappa shape index (κ1) is 8.83. The minimum Gasteiger partial charge on any atom is -0.326 e. The molecule has 0 saturated carbocycles. The second kappa shape index (κ2) is 3.55. The van der Waals surface area contributed by atoms with Gasteiger partial charge in [0.05, 0.1) is 0 Å². The maximum absolute atomic E-state index is 5.96. The van der Waals surface area contributed by atoms with E-state index in [9.17, 15) is 0 Å². The summed E-state index contributed by atoms with van der Waals surface area (Å²) in [5.74, 6) is 0. The van der Waals surface area contributed by atoms with Crippen LogP contribution < -0.4 is 11.2 Å². The van der Waals surface area contributed by atoms with Crippen molar-refractivity contribution in [1.29, 1.82) is 0 Å². The SMILES string of the molecule is [B]c1cc(CN)cc2c1CCCC2. The van der Waals surface area contributed by atoms with E-state index in [-0.39, 0.29) is 0 Å². The summed E-state index contributed by atoms with van der Waals surface area (Å²) in [5.41, 5.74) is 10.5. The van der Waals surface area contributed by atoms with E-state index in [0.29, 0.717) is 6.54 Å². The van der Waals surface area contributed by atoms with Crippen LogP contribution in [0.3, 0.4) is 0 Å². The summed E-state index contributed by atoms with van der Waals surface area (Å²) < 4.78 is 0. The number of nitrogens with two attached hydrogens (primary N) is 1. The van der Waals surface area contributed by atoms with Crippen LogP contribution in [0.4, 0.5) is 0 Å². The molecule has 1 aromatic carbocycles. The van der Waals surface area contributed by atoms with Crippen molar-refractivity contribution >= 4 is 13.3 Å². The van der Waals surface area contributed by atoms with Crippen LogP contribution in [0, 0.1) is 0 Å². The zero-order valence-corrected chi connectivity index (χ0v) is 7.84. The van der Waals surface area contributed by atoms with Crippen molar-refractivity contribution in [2.24, 2.45) is 5.73 Å². The standard InChI is InChI=1S/C11H14BN/c12-11-6-8(7-13)5-9-3-1-2-4-10(9)11/h5-6H,1-4,7,13H2. The Morgan fingerprint density at radius 2 is 2.00 bits per heavy atom. The molecule has 0 bridgehead atoms. The zero-order chi connectivity index (χ0) is 9.26. The Balaban J connectivity index is 2.47. The molecule has 0 saturated heterocycles. The van der Waals surface area contributed by atoms with Crippen molar-refractivity contribution in [3.63, 3.8) is 0 Å². The highest BCUT2D eigenvalue weighted by atomic mass is 14.5. The summed E-state index contributed by atoms with van der Waals surface area (Å²) in [5, 5.41) is 0. The van der Waals surface area contributed by atoms with Gasteiger partial charge in [-0.15, -0.1) is 0 Å². The minimum atomic E-state index is 0.595. The number of hydrogen-bond acceptors (Lipinski definition) is 1. The highest BCUT2D eigenvalue weighted by Crippen LogP contribution is 2.20. The van der Waals surface area contributed by atoms with E-state index in [1.54, 1.807) is 0 Å². The Hall–Kier alpha value is -0.755. The third-order valence-electron chi connectivity index (χ3n) is 2.80. The van der Waals surface area contributed by atoms with E-state index in [1.807, 2.05) is 6.07 Å². The molecule has 2 heteroatoms. The lowest BCUT2D eigenvalue weighted by molar-refractivity contribution is 0.687. The third kappa shape index (κ3) is 1.64. The predicted molar refractivity (Wildman–Crippen MR) is 56.4 cm³/mol. The zero-order valence-electron chi connectivity index (χ0n) is 7.84. The van der Waals surface area contributed by atoms with E-state index in [1.165, 1.54) is 30.4 Å². The fraction of sp³-hybridized carbons (Fsp3) is 0.455. The molecule has 13 heavy (non-hydrogen) atoms. The van der Waals surface area contributed by atoms with Gasteiger partial charge in [-0.25, -0.2) is 0 Å². The van der Waals surface area contributed by atoms with Crippen molar-refractivity contribution in [2.45, 2.75) is 32.2 Å². The van der Waals surface area contributed by atoms with E-state index in [0.717, 1.165) is 17.4 Å². The Labute approximate surface area is 80.7 Å². The van der Waals surface area contributed by atoms with E-state index in [2.05, 4.69) is 6.07 Å². The van der Waals surface area contributed by atoms with Crippen LogP contribution in [0.5, 0.6) is 0 Å². The van der Waals surface area contributed by atoms with Crippen LogP contribution in [-0.2, 0) is 19.4 Å². The Morgan fingerprint density at radius 1 is 1.23 bits per heavy atom. The second-order valence-corrected chi connectivity index (χ2v) is 3.73. The number of aryl methyl sites for hydroxylation is 1. The molecule has 0 aromatic heterocycles. The molecule has 0 heterocycles. The van der Waals surface area contributed by atoms with Gasteiger partial charge in [0.1, 0.15) is 7.85 Å². The Morgan fingerprint density at radius 3 is 2.77 bits per heavy atom. The summed E-state index contributed by atoms with van der Waals surface area (Å²) in [6.07, 6.45) is 4.89. The van der Waals surface area contributed by atoms with Crippen molar-refractivity contribution in [3.8, 4) is 0 Å². The highest BCUT2D eigenvalue weighted by Gasteiger charge is 2.11. The van der Waals surface area contributed by atoms with Gasteiger partial charge in [0, 0.05) is 6.54 Å². The molecular formula is C11H14BN. The number of benzene rings is 1. The van der Waals surface area contributed by atoms with Gasteiger partial charge in [-0.05, 0) is 36.8 Å². The fourth-order valence-electron chi connectivity index (χ4n) is 2.09. The Bertz CT molecular complexity index is 320. The molecule has 2 rings (SSSR count). The van der Waals surface area contributed by atoms with E-state index in [4.69, 9.17) is 13.6 Å². The van der Waals surface area contributed by atoms with Crippen LogP contribution in [-0.4, -0.2) is 7.85 Å². The molecule has 0 atom stereocenters. The molecule has 2 N–H and O–H groups in total. The molecule has 0 spiro atoms. The van der Waals surface area contributed by atoms with Gasteiger partial charge in [0.2, 0.25) is 0 Å². The maximum Gasteiger partial charge on any atom is 0.114 e. The molecule has 2 radical (unpaired) electrons. The van der Waals surface area contributed by atoms with Gasteiger partial charge in [-0.2, -0.15) is 0 Å². The monoisotopic (exact) mass is 171 g/mol. The topological polar surface area (TPSA) is 26.0 Å². The second-order valence-electron chi connectivity index (χ2n) is 3.73. The van der Waals surface area contributed by atoms with Gasteiger partial charge in [0.25, 0.3) is 0 Å². The van der Waals surface area contributed by atoms with Crippen molar-refractivity contribution in [2.75, 3.05) is 0 Å². The largest absolute Gasteiger partial charge is 0.326 e. The van der Waals surface area contributed by atoms with Crippen LogP contribution in [0.15, 0.2) is 12.1 Å². The molecule has 0 unspecified atom stereocenters. The van der Waals surface area contributed by atoms with Gasteiger partial charge in [-0.1, -0.05) is 23.2 Å². The molecule has 1 nitrogen and oxygen atoms in total. The minimum absolute atomic E-state index is 0.595. The summed E-state index contributed by atoms with van der Waals surface area (Å²) in [7, 11) is 5.96. The first-order chi connectivity index (χ1) is 6.31.